The molecule has 0 saturated carbocycles. The largest absolute Gasteiger partial charge is 0.326 e. The summed E-state index contributed by atoms with van der Waals surface area (Å²) in [5.41, 5.74) is 2.29. The van der Waals surface area contributed by atoms with Gasteiger partial charge in [0.1, 0.15) is 0 Å². The van der Waals surface area contributed by atoms with E-state index in [-0.39, 0.29) is 18.4 Å². The molecular weight excluding hydrogens is 266 g/mol. The molecule has 2 aromatic heterocycles. The first-order valence-electron chi connectivity index (χ1n) is 5.60. The van der Waals surface area contributed by atoms with Crippen LogP contribution >= 0.6 is 23.9 Å². The van der Waals surface area contributed by atoms with Crippen LogP contribution in [0.5, 0.6) is 0 Å². The third kappa shape index (κ3) is 2.02. The van der Waals surface area contributed by atoms with Crippen molar-refractivity contribution < 1.29 is 0 Å². The molecule has 0 N–H and O–H groups in total. The van der Waals surface area contributed by atoms with Crippen LogP contribution < -0.4 is 0 Å². The normalized spacial score (nSPS) is 12.3. The van der Waals surface area contributed by atoms with Crippen molar-refractivity contribution in [1.29, 1.82) is 0 Å². The lowest BCUT2D eigenvalue weighted by molar-refractivity contribution is 0.615. The third-order valence-electron chi connectivity index (χ3n) is 3.08. The lowest BCUT2D eigenvalue weighted by Crippen LogP contribution is -2.07. The summed E-state index contributed by atoms with van der Waals surface area (Å²) in [7, 11) is 0. The summed E-state index contributed by atoms with van der Waals surface area (Å²) in [4.78, 5) is 4.17. The maximum Gasteiger partial charge on any atom is 0.0954 e. The minimum atomic E-state index is 0. The number of fused-ring (bicyclic) bond motifs is 1. The summed E-state index contributed by atoms with van der Waals surface area (Å²) in [5.74, 6) is 0. The number of imidazole rings is 1. The van der Waals surface area contributed by atoms with Crippen LogP contribution in [0.25, 0.3) is 10.1 Å². The van der Waals surface area contributed by atoms with Gasteiger partial charge < -0.3 is 4.57 Å². The van der Waals surface area contributed by atoms with Gasteiger partial charge in [0.15, 0.2) is 0 Å². The first-order valence-corrected chi connectivity index (χ1v) is 6.37. The molecule has 94 valence electrons. The zero-order valence-electron chi connectivity index (χ0n) is 10.2. The molecule has 2 heterocycles. The smallest absolute Gasteiger partial charge is 0.0954 e. The van der Waals surface area contributed by atoms with Gasteiger partial charge in [0.2, 0.25) is 0 Å². The molecule has 3 nitrogen and oxygen atoms in total. The Morgan fingerprint density at radius 2 is 2.06 bits per heavy atom. The molecule has 0 spiro atoms. The highest BCUT2D eigenvalue weighted by Gasteiger charge is 2.15. The van der Waals surface area contributed by atoms with Gasteiger partial charge in [-0.15, -0.1) is 12.4 Å². The van der Waals surface area contributed by atoms with Crippen LogP contribution in [0.1, 0.15) is 24.4 Å². The molecule has 18 heavy (non-hydrogen) atoms. The summed E-state index contributed by atoms with van der Waals surface area (Å²) >= 11 is 1.56. The third-order valence-corrected chi connectivity index (χ3v) is 3.92. The van der Waals surface area contributed by atoms with Crippen LogP contribution in [0.2, 0.25) is 0 Å². The highest BCUT2D eigenvalue weighted by atomic mass is 35.5. The van der Waals surface area contributed by atoms with Gasteiger partial charge in [-0.05, 0) is 31.4 Å². The van der Waals surface area contributed by atoms with Gasteiger partial charge in [-0.1, -0.05) is 18.2 Å². The molecule has 3 rings (SSSR count). The van der Waals surface area contributed by atoms with Crippen LogP contribution in [-0.2, 0) is 0 Å². The fourth-order valence-corrected chi connectivity index (χ4v) is 2.97. The van der Waals surface area contributed by atoms with E-state index in [0.29, 0.717) is 0 Å². The highest BCUT2D eigenvalue weighted by molar-refractivity contribution is 7.13. The van der Waals surface area contributed by atoms with E-state index in [4.69, 9.17) is 0 Å². The van der Waals surface area contributed by atoms with Crippen molar-refractivity contribution in [2.24, 2.45) is 0 Å². The summed E-state index contributed by atoms with van der Waals surface area (Å²) < 4.78 is 7.98. The molecular formula is C13H14ClN3S. The maximum atomic E-state index is 4.59. The number of rotatable bonds is 2. The number of benzene rings is 1. The Balaban J connectivity index is 0.00000120. The predicted molar refractivity (Wildman–Crippen MR) is 77.6 cm³/mol. The standard InChI is InChI=1S/C13H13N3S.ClH/c1-9-7-14-8-16(9)10(2)13-11-5-3-4-6-12(11)17-15-13;/h3-8,10H,1-2H3;1H. The van der Waals surface area contributed by atoms with Gasteiger partial charge >= 0.3 is 0 Å². The number of hydrogen-bond acceptors (Lipinski definition) is 3. The molecule has 0 saturated heterocycles. The zero-order valence-corrected chi connectivity index (χ0v) is 11.8. The van der Waals surface area contributed by atoms with Crippen LogP contribution in [-0.4, -0.2) is 13.9 Å². The second kappa shape index (κ2) is 5.08. The van der Waals surface area contributed by atoms with Gasteiger partial charge in [0.25, 0.3) is 0 Å². The Morgan fingerprint density at radius 3 is 2.78 bits per heavy atom. The van der Waals surface area contributed by atoms with Crippen LogP contribution in [0.15, 0.2) is 36.8 Å². The summed E-state index contributed by atoms with van der Waals surface area (Å²) in [6.45, 7) is 4.23. The second-order valence-electron chi connectivity index (χ2n) is 4.18. The number of halogens is 1. The molecule has 0 amide bonds. The van der Waals surface area contributed by atoms with E-state index in [2.05, 4.69) is 52.0 Å². The number of aromatic nitrogens is 3. The Kier molecular flexibility index (Phi) is 3.68. The quantitative estimate of drug-likeness (QED) is 0.714. The number of nitrogens with zero attached hydrogens (tertiary/aromatic N) is 3. The van der Waals surface area contributed by atoms with Crippen molar-refractivity contribution in [2.75, 3.05) is 0 Å². The van der Waals surface area contributed by atoms with Crippen molar-refractivity contribution in [2.45, 2.75) is 19.9 Å². The Hall–Kier alpha value is -1.39. The van der Waals surface area contributed by atoms with Crippen molar-refractivity contribution in [3.63, 3.8) is 0 Å². The lowest BCUT2D eigenvalue weighted by atomic mass is 10.1. The van der Waals surface area contributed by atoms with Gasteiger partial charge in [0, 0.05) is 17.3 Å². The van der Waals surface area contributed by atoms with Crippen LogP contribution in [0.4, 0.5) is 0 Å². The minimum absolute atomic E-state index is 0. The molecule has 0 fully saturated rings. The van der Waals surface area contributed by atoms with Gasteiger partial charge in [-0.25, -0.2) is 4.98 Å². The summed E-state index contributed by atoms with van der Waals surface area (Å²) in [5, 5.41) is 1.25. The average Bonchev–Trinajstić information content (AvgIpc) is 2.94. The number of aryl methyl sites for hydroxylation is 1. The van der Waals surface area contributed by atoms with Crippen molar-refractivity contribution in [3.8, 4) is 0 Å². The lowest BCUT2D eigenvalue weighted by Gasteiger charge is -2.13. The molecule has 1 unspecified atom stereocenters. The van der Waals surface area contributed by atoms with E-state index in [9.17, 15) is 0 Å². The summed E-state index contributed by atoms with van der Waals surface area (Å²) in [6, 6.07) is 8.60. The van der Waals surface area contributed by atoms with E-state index in [1.807, 2.05) is 12.5 Å². The molecule has 0 aliphatic rings. The monoisotopic (exact) mass is 279 g/mol. The minimum Gasteiger partial charge on any atom is -0.326 e. The molecule has 1 atom stereocenters. The first-order chi connectivity index (χ1) is 8.27. The maximum absolute atomic E-state index is 4.59. The van der Waals surface area contributed by atoms with Gasteiger partial charge in [0.05, 0.1) is 22.8 Å². The molecule has 0 aliphatic carbocycles. The highest BCUT2D eigenvalue weighted by Crippen LogP contribution is 2.29. The van der Waals surface area contributed by atoms with Crippen molar-refractivity contribution >= 4 is 34.0 Å². The molecule has 0 aliphatic heterocycles. The molecule has 0 radical (unpaired) electrons. The molecule has 1 aromatic carbocycles. The SMILES string of the molecule is Cc1cncn1C(C)c1nsc2ccccc12.Cl. The molecule has 5 heteroatoms. The average molecular weight is 280 g/mol. The van der Waals surface area contributed by atoms with Gasteiger partial charge in [-0.2, -0.15) is 4.37 Å². The van der Waals surface area contributed by atoms with Crippen LogP contribution in [0, 0.1) is 6.92 Å². The topological polar surface area (TPSA) is 30.7 Å². The zero-order chi connectivity index (χ0) is 11.8. The first kappa shape index (κ1) is 13.1. The Bertz CT molecular complexity index is 659. The van der Waals surface area contributed by atoms with E-state index in [1.165, 1.54) is 10.1 Å². The fourth-order valence-electron chi connectivity index (χ4n) is 2.11. The number of hydrogen-bond donors (Lipinski definition) is 0. The Labute approximate surface area is 116 Å². The molecule has 3 aromatic rings. The van der Waals surface area contributed by atoms with E-state index in [0.717, 1.165) is 11.4 Å². The second-order valence-corrected chi connectivity index (χ2v) is 4.99. The van der Waals surface area contributed by atoms with Gasteiger partial charge in [-0.3, -0.25) is 0 Å². The fraction of sp³-hybridized carbons (Fsp3) is 0.231. The Morgan fingerprint density at radius 1 is 1.28 bits per heavy atom. The predicted octanol–water partition coefficient (Wildman–Crippen LogP) is 3.83. The van der Waals surface area contributed by atoms with Crippen molar-refractivity contribution in [1.82, 2.24) is 13.9 Å². The van der Waals surface area contributed by atoms with E-state index < -0.39 is 0 Å². The van der Waals surface area contributed by atoms with E-state index in [1.54, 1.807) is 11.5 Å². The van der Waals surface area contributed by atoms with Crippen LogP contribution in [0.3, 0.4) is 0 Å². The van der Waals surface area contributed by atoms with Crippen molar-refractivity contribution in [3.05, 3.63) is 48.2 Å². The van der Waals surface area contributed by atoms with E-state index >= 15 is 0 Å². The molecule has 0 bridgehead atoms. The summed E-state index contributed by atoms with van der Waals surface area (Å²) in [6.07, 6.45) is 3.75.